The van der Waals surface area contributed by atoms with Gasteiger partial charge in [-0.15, -0.1) is 0 Å². The topological polar surface area (TPSA) is 81.4 Å². The highest BCUT2D eigenvalue weighted by Crippen LogP contribution is 2.24. The summed E-state index contributed by atoms with van der Waals surface area (Å²) in [5.74, 6) is 0.257. The first-order valence-corrected chi connectivity index (χ1v) is 7.72. The smallest absolute Gasteiger partial charge is 0.337 e. The maximum Gasteiger partial charge on any atom is 0.337 e. The molecule has 0 spiro atoms. The quantitative estimate of drug-likeness (QED) is 0.580. The van der Waals surface area contributed by atoms with Crippen LogP contribution in [-0.4, -0.2) is 32.7 Å². The minimum Gasteiger partial charge on any atom is -0.465 e. The van der Waals surface area contributed by atoms with E-state index in [-0.39, 0.29) is 5.97 Å². The van der Waals surface area contributed by atoms with Crippen LogP contribution >= 0.6 is 0 Å². The van der Waals surface area contributed by atoms with Crippen molar-refractivity contribution in [3.63, 3.8) is 0 Å². The third-order valence-corrected chi connectivity index (χ3v) is 3.82. The largest absolute Gasteiger partial charge is 0.465 e. The lowest BCUT2D eigenvalue weighted by molar-refractivity contribution is 0.0601. The van der Waals surface area contributed by atoms with Gasteiger partial charge in [0.05, 0.1) is 18.4 Å². The molecule has 0 unspecified atom stereocenters. The number of anilines is 2. The number of hydrogen-bond donors (Lipinski definition) is 1. The minimum atomic E-state index is -0.385. The predicted molar refractivity (Wildman–Crippen MR) is 94.1 cm³/mol. The van der Waals surface area contributed by atoms with Crippen molar-refractivity contribution in [3.8, 4) is 0 Å². The molecule has 25 heavy (non-hydrogen) atoms. The standard InChI is InChI=1S/C18H15N5O2/c1-11-9-15-16(20-13-6-3-5-12(10-13)18(24)25-2)21-14-7-4-8-19-17(14)23(15)22-11/h3-10H,1-2H3,(H,20,21). The molecule has 0 radical (unpaired) electrons. The zero-order valence-electron chi connectivity index (χ0n) is 13.7. The van der Waals surface area contributed by atoms with Gasteiger partial charge in [-0.2, -0.15) is 5.10 Å². The molecule has 0 bridgehead atoms. The SMILES string of the molecule is COC(=O)c1cccc(Nc2nc3cccnc3n3nc(C)cc23)c1. The van der Waals surface area contributed by atoms with Crippen molar-refractivity contribution in [1.29, 1.82) is 0 Å². The van der Waals surface area contributed by atoms with Crippen molar-refractivity contribution >= 4 is 34.2 Å². The van der Waals surface area contributed by atoms with Gasteiger partial charge in [0.2, 0.25) is 0 Å². The lowest BCUT2D eigenvalue weighted by atomic mass is 10.2. The molecule has 3 heterocycles. The van der Waals surface area contributed by atoms with Crippen LogP contribution < -0.4 is 5.32 Å². The number of carbonyl (C=O) groups is 1. The minimum absolute atomic E-state index is 0.385. The molecule has 0 amide bonds. The lowest BCUT2D eigenvalue weighted by Gasteiger charge is -2.10. The van der Waals surface area contributed by atoms with E-state index in [0.29, 0.717) is 17.0 Å². The Hall–Kier alpha value is -3.48. The van der Waals surface area contributed by atoms with Gasteiger partial charge in [0.1, 0.15) is 11.0 Å². The summed E-state index contributed by atoms with van der Waals surface area (Å²) in [6.45, 7) is 1.92. The number of pyridine rings is 1. The number of aromatic nitrogens is 4. The summed E-state index contributed by atoms with van der Waals surface area (Å²) >= 11 is 0. The van der Waals surface area contributed by atoms with E-state index < -0.39 is 0 Å². The summed E-state index contributed by atoms with van der Waals surface area (Å²) in [7, 11) is 1.36. The molecule has 1 N–H and O–H groups in total. The molecule has 1 aromatic carbocycles. The number of aryl methyl sites for hydroxylation is 1. The second-order valence-corrected chi connectivity index (χ2v) is 5.59. The number of nitrogens with zero attached hydrogens (tertiary/aromatic N) is 4. The normalized spacial score (nSPS) is 11.0. The van der Waals surface area contributed by atoms with Crippen molar-refractivity contribution in [1.82, 2.24) is 19.6 Å². The van der Waals surface area contributed by atoms with Gasteiger partial charge in [-0.3, -0.25) is 0 Å². The molecule has 0 fully saturated rings. The van der Waals surface area contributed by atoms with Crippen LogP contribution in [0.4, 0.5) is 11.5 Å². The average Bonchev–Trinajstić information content (AvgIpc) is 3.03. The molecule has 4 aromatic rings. The second kappa shape index (κ2) is 5.86. The van der Waals surface area contributed by atoms with Crippen LogP contribution in [0, 0.1) is 6.92 Å². The van der Waals surface area contributed by atoms with Crippen LogP contribution in [0.1, 0.15) is 16.1 Å². The van der Waals surface area contributed by atoms with Gasteiger partial charge in [-0.25, -0.2) is 19.3 Å². The zero-order chi connectivity index (χ0) is 17.4. The Kier molecular flexibility index (Phi) is 3.53. The fraction of sp³-hybridized carbons (Fsp3) is 0.111. The van der Waals surface area contributed by atoms with Gasteiger partial charge in [0, 0.05) is 11.9 Å². The van der Waals surface area contributed by atoms with Crippen LogP contribution in [0.5, 0.6) is 0 Å². The molecule has 7 heteroatoms. The Labute approximate surface area is 143 Å². The molecule has 0 aliphatic heterocycles. The number of rotatable bonds is 3. The van der Waals surface area contributed by atoms with Crippen LogP contribution in [0.25, 0.3) is 16.7 Å². The van der Waals surface area contributed by atoms with Gasteiger partial charge >= 0.3 is 5.97 Å². The number of ether oxygens (including phenoxy) is 1. The maximum atomic E-state index is 11.7. The first kappa shape index (κ1) is 15.1. The summed E-state index contributed by atoms with van der Waals surface area (Å²) in [4.78, 5) is 20.7. The Bertz CT molecular complexity index is 1100. The highest BCUT2D eigenvalue weighted by Gasteiger charge is 2.12. The van der Waals surface area contributed by atoms with E-state index in [2.05, 4.69) is 20.4 Å². The third kappa shape index (κ3) is 2.65. The van der Waals surface area contributed by atoms with Crippen LogP contribution in [0.3, 0.4) is 0 Å². The molecular weight excluding hydrogens is 318 g/mol. The van der Waals surface area contributed by atoms with E-state index >= 15 is 0 Å². The molecule has 3 aromatic heterocycles. The Morgan fingerprint density at radius 2 is 2.08 bits per heavy atom. The molecular formula is C18H15N5O2. The Morgan fingerprint density at radius 3 is 2.92 bits per heavy atom. The van der Waals surface area contributed by atoms with Crippen molar-refractivity contribution in [2.75, 3.05) is 12.4 Å². The molecule has 0 saturated heterocycles. The fourth-order valence-corrected chi connectivity index (χ4v) is 2.72. The van der Waals surface area contributed by atoms with Crippen molar-refractivity contribution in [2.45, 2.75) is 6.92 Å². The molecule has 124 valence electrons. The second-order valence-electron chi connectivity index (χ2n) is 5.59. The van der Waals surface area contributed by atoms with E-state index in [1.807, 2.05) is 31.2 Å². The monoisotopic (exact) mass is 333 g/mol. The summed E-state index contributed by atoms with van der Waals surface area (Å²) in [6.07, 6.45) is 1.72. The molecule has 7 nitrogen and oxygen atoms in total. The van der Waals surface area contributed by atoms with Gasteiger partial charge in [-0.1, -0.05) is 6.07 Å². The van der Waals surface area contributed by atoms with Gasteiger partial charge in [-0.05, 0) is 43.3 Å². The maximum absolute atomic E-state index is 11.7. The lowest BCUT2D eigenvalue weighted by Crippen LogP contribution is -2.04. The number of fused-ring (bicyclic) bond motifs is 3. The van der Waals surface area contributed by atoms with Gasteiger partial charge < -0.3 is 10.1 Å². The van der Waals surface area contributed by atoms with E-state index in [4.69, 9.17) is 4.74 Å². The highest BCUT2D eigenvalue weighted by molar-refractivity contribution is 5.91. The van der Waals surface area contributed by atoms with Crippen LogP contribution in [0.15, 0.2) is 48.7 Å². The average molecular weight is 333 g/mol. The van der Waals surface area contributed by atoms with Gasteiger partial charge in [0.25, 0.3) is 0 Å². The van der Waals surface area contributed by atoms with E-state index in [1.165, 1.54) is 7.11 Å². The molecule has 0 atom stereocenters. The molecule has 4 rings (SSSR count). The highest BCUT2D eigenvalue weighted by atomic mass is 16.5. The first-order valence-electron chi connectivity index (χ1n) is 7.72. The van der Waals surface area contributed by atoms with E-state index in [9.17, 15) is 4.79 Å². The Morgan fingerprint density at radius 1 is 1.20 bits per heavy atom. The van der Waals surface area contributed by atoms with Crippen molar-refractivity contribution in [2.24, 2.45) is 0 Å². The van der Waals surface area contributed by atoms with Gasteiger partial charge in [0.15, 0.2) is 11.5 Å². The van der Waals surface area contributed by atoms with Crippen molar-refractivity contribution in [3.05, 3.63) is 59.9 Å². The summed E-state index contributed by atoms with van der Waals surface area (Å²) in [5.41, 5.74) is 4.30. The molecule has 0 aliphatic rings. The zero-order valence-corrected chi connectivity index (χ0v) is 13.7. The number of hydrogen-bond acceptors (Lipinski definition) is 6. The number of esters is 1. The summed E-state index contributed by atoms with van der Waals surface area (Å²) in [6, 6.07) is 12.7. The van der Waals surface area contributed by atoms with Crippen LogP contribution in [-0.2, 0) is 4.74 Å². The third-order valence-electron chi connectivity index (χ3n) is 3.82. The summed E-state index contributed by atoms with van der Waals surface area (Å²) in [5, 5.41) is 7.77. The summed E-state index contributed by atoms with van der Waals surface area (Å²) < 4.78 is 6.54. The molecule has 0 aliphatic carbocycles. The van der Waals surface area contributed by atoms with E-state index in [0.717, 1.165) is 22.4 Å². The van der Waals surface area contributed by atoms with E-state index in [1.54, 1.807) is 28.9 Å². The molecule has 0 saturated carbocycles. The predicted octanol–water partition coefficient (Wildman–Crippen LogP) is 3.12. The first-order chi connectivity index (χ1) is 12.2. The Balaban J connectivity index is 1.85. The number of methoxy groups -OCH3 is 1. The fourth-order valence-electron chi connectivity index (χ4n) is 2.72. The number of carbonyl (C=O) groups excluding carboxylic acids is 1. The van der Waals surface area contributed by atoms with Crippen molar-refractivity contribution < 1.29 is 9.53 Å². The van der Waals surface area contributed by atoms with Crippen LogP contribution in [0.2, 0.25) is 0 Å². The number of nitrogens with one attached hydrogen (secondary N) is 1. The number of benzene rings is 1.